The van der Waals surface area contributed by atoms with Gasteiger partial charge in [0.1, 0.15) is 0 Å². The summed E-state index contributed by atoms with van der Waals surface area (Å²) in [7, 11) is 0. The van der Waals surface area contributed by atoms with Gasteiger partial charge in [-0.25, -0.2) is 0 Å². The van der Waals surface area contributed by atoms with Crippen molar-refractivity contribution in [2.45, 2.75) is 64.2 Å². The van der Waals surface area contributed by atoms with Crippen LogP contribution >= 0.6 is 0 Å². The van der Waals surface area contributed by atoms with Gasteiger partial charge in [-0.2, -0.15) is 0 Å². The largest absolute Gasteiger partial charge is 0.0654 e. The van der Waals surface area contributed by atoms with E-state index in [1.807, 2.05) is 0 Å². The van der Waals surface area contributed by atoms with Gasteiger partial charge in [-0.1, -0.05) is 57.0 Å². The first-order chi connectivity index (χ1) is 9.32. The minimum atomic E-state index is 0.523. The summed E-state index contributed by atoms with van der Waals surface area (Å²) in [5.41, 5.74) is 2.18. The molecule has 2 aliphatic rings. The summed E-state index contributed by atoms with van der Waals surface area (Å²) in [6, 6.07) is 11.5. The van der Waals surface area contributed by atoms with Crippen LogP contribution in [-0.2, 0) is 5.41 Å². The molecule has 0 radical (unpaired) electrons. The summed E-state index contributed by atoms with van der Waals surface area (Å²) in [5, 5.41) is 0. The van der Waals surface area contributed by atoms with Gasteiger partial charge in [-0.15, -0.1) is 0 Å². The van der Waals surface area contributed by atoms with Crippen LogP contribution < -0.4 is 0 Å². The Kier molecular flexibility index (Phi) is 3.69. The van der Waals surface area contributed by atoms with Crippen molar-refractivity contribution < 1.29 is 0 Å². The molecule has 0 spiro atoms. The van der Waals surface area contributed by atoms with E-state index >= 15 is 0 Å². The zero-order valence-corrected chi connectivity index (χ0v) is 12.6. The van der Waals surface area contributed by atoms with Crippen LogP contribution in [0.5, 0.6) is 0 Å². The number of rotatable bonds is 5. The number of hydrogen-bond acceptors (Lipinski definition) is 0. The molecule has 1 aromatic carbocycles. The Morgan fingerprint density at radius 3 is 2.53 bits per heavy atom. The van der Waals surface area contributed by atoms with E-state index in [4.69, 9.17) is 0 Å². The molecular weight excluding hydrogens is 228 g/mol. The van der Waals surface area contributed by atoms with Crippen molar-refractivity contribution in [3.05, 3.63) is 35.9 Å². The average molecular weight is 256 g/mol. The molecule has 0 amide bonds. The van der Waals surface area contributed by atoms with E-state index in [2.05, 4.69) is 44.2 Å². The zero-order valence-electron chi connectivity index (χ0n) is 12.6. The van der Waals surface area contributed by atoms with Crippen LogP contribution in [-0.4, -0.2) is 0 Å². The fraction of sp³-hybridized carbons (Fsp3) is 0.684. The molecule has 2 bridgehead atoms. The molecule has 4 unspecified atom stereocenters. The van der Waals surface area contributed by atoms with Crippen LogP contribution in [0.2, 0.25) is 0 Å². The van der Waals surface area contributed by atoms with Crippen molar-refractivity contribution in [3.63, 3.8) is 0 Å². The second kappa shape index (κ2) is 5.31. The Balaban J connectivity index is 2.03. The maximum absolute atomic E-state index is 2.42. The average Bonchev–Trinajstić information content (AvgIpc) is 3.03. The molecule has 2 aliphatic carbocycles. The monoisotopic (exact) mass is 256 g/mol. The van der Waals surface area contributed by atoms with Gasteiger partial charge in [0.15, 0.2) is 0 Å². The van der Waals surface area contributed by atoms with Gasteiger partial charge in [0.05, 0.1) is 0 Å². The number of benzene rings is 1. The molecule has 2 saturated carbocycles. The smallest absolute Gasteiger partial charge is 0.00121 e. The Morgan fingerprint density at radius 2 is 1.84 bits per heavy atom. The zero-order chi connectivity index (χ0) is 13.3. The quantitative estimate of drug-likeness (QED) is 0.646. The van der Waals surface area contributed by atoms with Crippen molar-refractivity contribution in [1.82, 2.24) is 0 Å². The summed E-state index contributed by atoms with van der Waals surface area (Å²) in [4.78, 5) is 0. The molecule has 0 aliphatic heterocycles. The molecule has 0 heteroatoms. The Hall–Kier alpha value is -0.780. The van der Waals surface area contributed by atoms with Crippen LogP contribution in [0.15, 0.2) is 30.3 Å². The summed E-state index contributed by atoms with van der Waals surface area (Å²) in [6.45, 7) is 4.74. The van der Waals surface area contributed by atoms with E-state index in [1.54, 1.807) is 5.56 Å². The maximum atomic E-state index is 2.42. The molecule has 19 heavy (non-hydrogen) atoms. The van der Waals surface area contributed by atoms with Crippen LogP contribution in [0.25, 0.3) is 0 Å². The highest BCUT2D eigenvalue weighted by Crippen LogP contribution is 2.63. The van der Waals surface area contributed by atoms with Gasteiger partial charge < -0.3 is 0 Å². The predicted molar refractivity (Wildman–Crippen MR) is 82.3 cm³/mol. The highest BCUT2D eigenvalue weighted by Gasteiger charge is 2.57. The SMILES string of the molecule is CCCC1C2CCC(C2)C1(CCC)c1ccccc1. The Bertz CT molecular complexity index is 407. The third-order valence-electron chi connectivity index (χ3n) is 6.01. The fourth-order valence-electron chi connectivity index (χ4n) is 5.52. The van der Waals surface area contributed by atoms with Gasteiger partial charge in [0.25, 0.3) is 0 Å². The number of hydrogen-bond donors (Lipinski definition) is 0. The van der Waals surface area contributed by atoms with Crippen LogP contribution in [0, 0.1) is 17.8 Å². The summed E-state index contributed by atoms with van der Waals surface area (Å²) in [6.07, 6.45) is 10.0. The summed E-state index contributed by atoms with van der Waals surface area (Å²) >= 11 is 0. The number of fused-ring (bicyclic) bond motifs is 2. The molecule has 0 aromatic heterocycles. The third kappa shape index (κ3) is 1.95. The van der Waals surface area contributed by atoms with Crippen molar-refractivity contribution >= 4 is 0 Å². The topological polar surface area (TPSA) is 0 Å². The first kappa shape index (κ1) is 13.2. The molecule has 0 saturated heterocycles. The van der Waals surface area contributed by atoms with Gasteiger partial charge >= 0.3 is 0 Å². The van der Waals surface area contributed by atoms with Crippen LogP contribution in [0.4, 0.5) is 0 Å². The predicted octanol–water partition coefficient (Wildman–Crippen LogP) is 5.57. The normalized spacial score (nSPS) is 36.8. The molecule has 3 rings (SSSR count). The van der Waals surface area contributed by atoms with Crippen molar-refractivity contribution in [2.24, 2.45) is 17.8 Å². The minimum Gasteiger partial charge on any atom is -0.0654 e. The van der Waals surface area contributed by atoms with E-state index < -0.39 is 0 Å². The first-order valence-corrected chi connectivity index (χ1v) is 8.38. The van der Waals surface area contributed by atoms with Gasteiger partial charge in [-0.3, -0.25) is 0 Å². The Labute approximate surface area is 118 Å². The molecule has 0 nitrogen and oxygen atoms in total. The third-order valence-corrected chi connectivity index (χ3v) is 6.01. The summed E-state index contributed by atoms with van der Waals surface area (Å²) in [5.74, 6) is 2.95. The first-order valence-electron chi connectivity index (χ1n) is 8.38. The molecule has 4 atom stereocenters. The van der Waals surface area contributed by atoms with Crippen molar-refractivity contribution in [1.29, 1.82) is 0 Å². The fourth-order valence-corrected chi connectivity index (χ4v) is 5.52. The van der Waals surface area contributed by atoms with Gasteiger partial charge in [0.2, 0.25) is 0 Å². The molecule has 0 heterocycles. The second-order valence-electron chi connectivity index (χ2n) is 6.82. The second-order valence-corrected chi connectivity index (χ2v) is 6.82. The van der Waals surface area contributed by atoms with Gasteiger partial charge in [-0.05, 0) is 55.4 Å². The maximum Gasteiger partial charge on any atom is 0.00121 e. The molecule has 2 fully saturated rings. The molecule has 1 aromatic rings. The van der Waals surface area contributed by atoms with E-state index in [9.17, 15) is 0 Å². The van der Waals surface area contributed by atoms with Crippen LogP contribution in [0.3, 0.4) is 0 Å². The minimum absolute atomic E-state index is 0.523. The molecular formula is C19H28. The van der Waals surface area contributed by atoms with E-state index in [1.165, 1.54) is 44.9 Å². The van der Waals surface area contributed by atoms with Crippen molar-refractivity contribution in [3.8, 4) is 0 Å². The van der Waals surface area contributed by atoms with E-state index in [0.717, 1.165) is 17.8 Å². The molecule has 104 valence electrons. The summed E-state index contributed by atoms with van der Waals surface area (Å²) < 4.78 is 0. The van der Waals surface area contributed by atoms with Gasteiger partial charge in [0, 0.05) is 5.41 Å². The lowest BCUT2D eigenvalue weighted by Gasteiger charge is -2.45. The standard InChI is InChI=1S/C19H28/c1-3-8-18-15-11-12-17(14-15)19(18,13-4-2)16-9-6-5-7-10-16/h5-7,9-10,15,17-18H,3-4,8,11-14H2,1-2H3. The molecule has 0 N–H and O–H groups in total. The lowest BCUT2D eigenvalue weighted by atomic mass is 9.59. The highest BCUT2D eigenvalue weighted by molar-refractivity contribution is 5.31. The van der Waals surface area contributed by atoms with E-state index in [-0.39, 0.29) is 0 Å². The van der Waals surface area contributed by atoms with Crippen LogP contribution in [0.1, 0.15) is 64.4 Å². The highest BCUT2D eigenvalue weighted by atomic mass is 14.6. The lowest BCUT2D eigenvalue weighted by Crippen LogP contribution is -2.40. The van der Waals surface area contributed by atoms with Crippen molar-refractivity contribution in [2.75, 3.05) is 0 Å². The Morgan fingerprint density at radius 1 is 1.05 bits per heavy atom. The van der Waals surface area contributed by atoms with E-state index in [0.29, 0.717) is 5.41 Å². The lowest BCUT2D eigenvalue weighted by molar-refractivity contribution is 0.144.